The number of nitrogens with one attached hydrogen (secondary N) is 1. The minimum absolute atomic E-state index is 0.139. The van der Waals surface area contributed by atoms with E-state index < -0.39 is 11.0 Å². The highest BCUT2D eigenvalue weighted by Crippen LogP contribution is 2.29. The second-order valence-electron chi connectivity index (χ2n) is 5.42. The van der Waals surface area contributed by atoms with E-state index in [1.807, 2.05) is 25.1 Å². The molecule has 0 fully saturated rings. The number of fused-ring (bicyclic) bond motifs is 1. The third-order valence-corrected chi connectivity index (χ3v) is 4.55. The topological polar surface area (TPSA) is 112 Å². The van der Waals surface area contributed by atoms with Crippen LogP contribution in [0.25, 0.3) is 10.2 Å². The number of thiazole rings is 1. The highest BCUT2D eigenvalue weighted by atomic mass is 32.1. The van der Waals surface area contributed by atoms with Crippen LogP contribution in [-0.4, -0.2) is 32.7 Å². The average molecular weight is 361 g/mol. The number of hydrogen-bond donors (Lipinski definition) is 1. The van der Waals surface area contributed by atoms with Crippen molar-refractivity contribution in [2.45, 2.75) is 19.9 Å². The number of nitro groups is 1. The molecule has 0 saturated carbocycles. The van der Waals surface area contributed by atoms with E-state index in [1.54, 1.807) is 6.92 Å². The molecule has 9 nitrogen and oxygen atoms in total. The van der Waals surface area contributed by atoms with E-state index in [0.29, 0.717) is 5.13 Å². The number of methoxy groups -OCH3 is 1. The van der Waals surface area contributed by atoms with Gasteiger partial charge in [-0.1, -0.05) is 17.4 Å². The molecule has 130 valence electrons. The van der Waals surface area contributed by atoms with E-state index in [1.165, 1.54) is 29.3 Å². The van der Waals surface area contributed by atoms with Gasteiger partial charge >= 0.3 is 11.6 Å². The summed E-state index contributed by atoms with van der Waals surface area (Å²) in [5.74, 6) is -0.518. The first-order valence-electron chi connectivity index (χ1n) is 7.34. The van der Waals surface area contributed by atoms with E-state index in [0.717, 1.165) is 15.8 Å². The zero-order chi connectivity index (χ0) is 18.1. The molecule has 2 heterocycles. The number of carbonyl (C=O) groups excluding carboxylic acids is 1. The molecule has 0 saturated heterocycles. The van der Waals surface area contributed by atoms with Crippen molar-refractivity contribution in [3.8, 4) is 5.88 Å². The third-order valence-electron chi connectivity index (χ3n) is 3.62. The van der Waals surface area contributed by atoms with Gasteiger partial charge in [0.05, 0.1) is 22.2 Å². The Kier molecular flexibility index (Phi) is 4.36. The summed E-state index contributed by atoms with van der Waals surface area (Å²) in [7, 11) is 1.29. The van der Waals surface area contributed by atoms with Gasteiger partial charge in [-0.25, -0.2) is 9.67 Å². The molecular weight excluding hydrogens is 346 g/mol. The Bertz CT molecular complexity index is 964. The maximum Gasteiger partial charge on any atom is 0.350 e. The summed E-state index contributed by atoms with van der Waals surface area (Å²) < 4.78 is 7.04. The van der Waals surface area contributed by atoms with E-state index in [2.05, 4.69) is 15.4 Å². The lowest BCUT2D eigenvalue weighted by Gasteiger charge is -2.10. The fraction of sp³-hybridized carbons (Fsp3) is 0.267. The number of aromatic nitrogens is 3. The summed E-state index contributed by atoms with van der Waals surface area (Å²) in [5, 5.41) is 18.1. The minimum atomic E-state index is -0.767. The number of benzene rings is 1. The first kappa shape index (κ1) is 16.8. The molecule has 1 N–H and O–H groups in total. The van der Waals surface area contributed by atoms with Crippen molar-refractivity contribution in [2.24, 2.45) is 0 Å². The molecule has 0 aliphatic carbocycles. The average Bonchev–Trinajstić information content (AvgIpc) is 3.16. The number of amides is 1. The van der Waals surface area contributed by atoms with E-state index in [9.17, 15) is 14.9 Å². The van der Waals surface area contributed by atoms with E-state index in [4.69, 9.17) is 4.74 Å². The Morgan fingerprint density at radius 1 is 1.48 bits per heavy atom. The van der Waals surface area contributed by atoms with Crippen LogP contribution < -0.4 is 10.1 Å². The molecule has 3 rings (SSSR count). The fourth-order valence-electron chi connectivity index (χ4n) is 2.25. The van der Waals surface area contributed by atoms with E-state index in [-0.39, 0.29) is 17.5 Å². The molecule has 3 aromatic rings. The van der Waals surface area contributed by atoms with Crippen molar-refractivity contribution in [1.82, 2.24) is 14.8 Å². The lowest BCUT2D eigenvalue weighted by Crippen LogP contribution is -2.24. The van der Waals surface area contributed by atoms with Crippen LogP contribution in [0.3, 0.4) is 0 Å². The number of ether oxygens (including phenoxy) is 1. The van der Waals surface area contributed by atoms with Gasteiger partial charge in [-0.15, -0.1) is 5.10 Å². The smallest absolute Gasteiger partial charge is 0.350 e. The standard InChI is InChI=1S/C15H15N5O4S/c1-8-4-5-10-12(6-8)25-15(16-10)17-13(21)9(2)19-7-11(20(22)23)14(18-19)24-3/h4-7,9H,1-3H3,(H,16,17,21). The van der Waals surface area contributed by atoms with Crippen LogP contribution in [-0.2, 0) is 4.79 Å². The molecule has 0 aliphatic rings. The quantitative estimate of drug-likeness (QED) is 0.552. The van der Waals surface area contributed by atoms with Crippen molar-refractivity contribution in [3.63, 3.8) is 0 Å². The van der Waals surface area contributed by atoms with Crippen LogP contribution in [0.5, 0.6) is 5.88 Å². The van der Waals surface area contributed by atoms with Gasteiger partial charge < -0.3 is 10.1 Å². The largest absolute Gasteiger partial charge is 0.475 e. The molecule has 2 aromatic heterocycles. The molecule has 1 aromatic carbocycles. The van der Waals surface area contributed by atoms with Gasteiger partial charge in [0.1, 0.15) is 12.2 Å². The molecule has 1 unspecified atom stereocenters. The van der Waals surface area contributed by atoms with Gasteiger partial charge in [0.2, 0.25) is 0 Å². The second-order valence-corrected chi connectivity index (χ2v) is 6.45. The monoisotopic (exact) mass is 361 g/mol. The van der Waals surface area contributed by atoms with Gasteiger partial charge in [0, 0.05) is 0 Å². The minimum Gasteiger partial charge on any atom is -0.475 e. The van der Waals surface area contributed by atoms with Crippen molar-refractivity contribution in [2.75, 3.05) is 12.4 Å². The Morgan fingerprint density at radius 2 is 2.24 bits per heavy atom. The van der Waals surface area contributed by atoms with Crippen LogP contribution in [0.1, 0.15) is 18.5 Å². The van der Waals surface area contributed by atoms with Gasteiger partial charge in [-0.2, -0.15) is 0 Å². The number of carbonyl (C=O) groups is 1. The molecular formula is C15H15N5O4S. The van der Waals surface area contributed by atoms with Crippen LogP contribution >= 0.6 is 11.3 Å². The van der Waals surface area contributed by atoms with E-state index >= 15 is 0 Å². The highest BCUT2D eigenvalue weighted by molar-refractivity contribution is 7.22. The Balaban J connectivity index is 1.81. The molecule has 0 bridgehead atoms. The summed E-state index contributed by atoms with van der Waals surface area (Å²) in [4.78, 5) is 27.1. The Labute approximate surface area is 146 Å². The summed E-state index contributed by atoms with van der Waals surface area (Å²) in [5.41, 5.74) is 1.62. The van der Waals surface area contributed by atoms with Gasteiger partial charge in [0.25, 0.3) is 5.91 Å². The molecule has 0 radical (unpaired) electrons. The SMILES string of the molecule is COc1nn(C(C)C(=O)Nc2nc3ccc(C)cc3s2)cc1[N+](=O)[O-]. The van der Waals surface area contributed by atoms with Crippen molar-refractivity contribution < 1.29 is 14.5 Å². The summed E-state index contributed by atoms with van der Waals surface area (Å²) in [6.07, 6.45) is 1.17. The molecule has 10 heteroatoms. The lowest BCUT2D eigenvalue weighted by atomic mass is 10.2. The predicted molar refractivity (Wildman–Crippen MR) is 93.1 cm³/mol. The molecule has 1 amide bonds. The molecule has 0 aliphatic heterocycles. The maximum atomic E-state index is 12.4. The van der Waals surface area contributed by atoms with Gasteiger partial charge in [0.15, 0.2) is 5.13 Å². The predicted octanol–water partition coefficient (Wildman–Crippen LogP) is 2.92. The zero-order valence-electron chi connectivity index (χ0n) is 13.7. The molecule has 0 spiro atoms. The van der Waals surface area contributed by atoms with Crippen LogP contribution in [0, 0.1) is 17.0 Å². The fourth-order valence-corrected chi connectivity index (χ4v) is 3.22. The number of aryl methyl sites for hydroxylation is 1. The first-order valence-corrected chi connectivity index (χ1v) is 8.16. The lowest BCUT2D eigenvalue weighted by molar-refractivity contribution is -0.385. The number of rotatable bonds is 5. The van der Waals surface area contributed by atoms with Gasteiger partial charge in [-0.3, -0.25) is 14.9 Å². The number of nitrogens with zero attached hydrogens (tertiary/aromatic N) is 4. The van der Waals surface area contributed by atoms with Crippen molar-refractivity contribution >= 4 is 38.3 Å². The van der Waals surface area contributed by atoms with Crippen LogP contribution in [0.2, 0.25) is 0 Å². The van der Waals surface area contributed by atoms with Crippen molar-refractivity contribution in [1.29, 1.82) is 0 Å². The normalized spacial score (nSPS) is 12.1. The Morgan fingerprint density at radius 3 is 2.88 bits per heavy atom. The second kappa shape index (κ2) is 6.48. The number of anilines is 1. The number of hydrogen-bond acceptors (Lipinski definition) is 7. The summed E-state index contributed by atoms with van der Waals surface area (Å²) in [6, 6.07) is 5.07. The molecule has 25 heavy (non-hydrogen) atoms. The zero-order valence-corrected chi connectivity index (χ0v) is 14.5. The van der Waals surface area contributed by atoms with Gasteiger partial charge in [-0.05, 0) is 31.5 Å². The maximum absolute atomic E-state index is 12.4. The Hall–Kier alpha value is -3.01. The van der Waals surface area contributed by atoms with Crippen LogP contribution in [0.4, 0.5) is 10.8 Å². The molecule has 1 atom stereocenters. The first-order chi connectivity index (χ1) is 11.9. The van der Waals surface area contributed by atoms with Crippen LogP contribution in [0.15, 0.2) is 24.4 Å². The third kappa shape index (κ3) is 3.29. The van der Waals surface area contributed by atoms with Crippen molar-refractivity contribution in [3.05, 3.63) is 40.1 Å². The highest BCUT2D eigenvalue weighted by Gasteiger charge is 2.25. The summed E-state index contributed by atoms with van der Waals surface area (Å²) >= 11 is 1.36. The summed E-state index contributed by atoms with van der Waals surface area (Å²) in [6.45, 7) is 3.57.